The summed E-state index contributed by atoms with van der Waals surface area (Å²) in [4.78, 5) is 21.3. The summed E-state index contributed by atoms with van der Waals surface area (Å²) in [7, 11) is 0. The van der Waals surface area contributed by atoms with Gasteiger partial charge in [-0.05, 0) is 61.4 Å². The molecule has 29 heavy (non-hydrogen) atoms. The number of rotatable bonds is 4. The van der Waals surface area contributed by atoms with E-state index in [4.69, 9.17) is 4.74 Å². The first-order valence-corrected chi connectivity index (χ1v) is 10.4. The minimum atomic E-state index is -1.38. The van der Waals surface area contributed by atoms with Crippen LogP contribution in [0.3, 0.4) is 0 Å². The topological polar surface area (TPSA) is 72.3 Å². The van der Waals surface area contributed by atoms with Gasteiger partial charge in [0.15, 0.2) is 5.60 Å². The van der Waals surface area contributed by atoms with Crippen molar-refractivity contribution in [2.45, 2.75) is 45.3 Å². The zero-order chi connectivity index (χ0) is 20.6. The molecular formula is C24H28N2O3. The van der Waals surface area contributed by atoms with Crippen molar-refractivity contribution in [1.82, 2.24) is 9.97 Å². The lowest BCUT2D eigenvalue weighted by Crippen LogP contribution is -2.53. The van der Waals surface area contributed by atoms with Gasteiger partial charge >= 0.3 is 5.97 Å². The Bertz CT molecular complexity index is 896. The van der Waals surface area contributed by atoms with E-state index in [1.165, 1.54) is 0 Å². The Hall–Kier alpha value is -2.53. The summed E-state index contributed by atoms with van der Waals surface area (Å²) in [6.45, 7) is 6.19. The van der Waals surface area contributed by atoms with Crippen LogP contribution >= 0.6 is 0 Å². The predicted octanol–water partition coefficient (Wildman–Crippen LogP) is 4.13. The van der Waals surface area contributed by atoms with Gasteiger partial charge in [0.05, 0.1) is 11.4 Å². The van der Waals surface area contributed by atoms with Crippen molar-refractivity contribution in [3.05, 3.63) is 54.5 Å². The van der Waals surface area contributed by atoms with Crippen molar-refractivity contribution in [3.8, 4) is 11.3 Å². The number of allylic oxidation sites excluding steroid dienone is 1. The van der Waals surface area contributed by atoms with Crippen molar-refractivity contribution in [3.63, 3.8) is 0 Å². The summed E-state index contributed by atoms with van der Waals surface area (Å²) in [6, 6.07) is 9.79. The molecule has 0 radical (unpaired) electrons. The van der Waals surface area contributed by atoms with Crippen LogP contribution in [0, 0.1) is 23.7 Å². The Morgan fingerprint density at radius 3 is 2.72 bits per heavy atom. The fourth-order valence-electron chi connectivity index (χ4n) is 5.34. The Balaban J connectivity index is 1.60. The molecule has 2 aromatic rings. The van der Waals surface area contributed by atoms with Crippen LogP contribution in [0.1, 0.15) is 39.3 Å². The van der Waals surface area contributed by atoms with Gasteiger partial charge in [0.25, 0.3) is 0 Å². The van der Waals surface area contributed by atoms with Crippen molar-refractivity contribution >= 4 is 12.0 Å². The molecule has 4 rings (SSSR count). The molecule has 2 aliphatic rings. The lowest BCUT2D eigenvalue weighted by atomic mass is 9.59. The van der Waals surface area contributed by atoms with Crippen molar-refractivity contribution in [1.29, 1.82) is 0 Å². The fraction of sp³-hybridized carbons (Fsp3) is 0.458. The molecular weight excluding hydrogens is 364 g/mol. The second-order valence-electron chi connectivity index (χ2n) is 8.44. The van der Waals surface area contributed by atoms with Crippen LogP contribution in [0.15, 0.2) is 48.8 Å². The number of ether oxygens (including phenoxy) is 1. The highest BCUT2D eigenvalue weighted by molar-refractivity contribution is 5.82. The first-order valence-electron chi connectivity index (χ1n) is 10.4. The van der Waals surface area contributed by atoms with Gasteiger partial charge in [0.1, 0.15) is 6.10 Å². The third-order valence-corrected chi connectivity index (χ3v) is 6.68. The predicted molar refractivity (Wildman–Crippen MR) is 112 cm³/mol. The Morgan fingerprint density at radius 2 is 2.07 bits per heavy atom. The van der Waals surface area contributed by atoms with E-state index >= 15 is 0 Å². The molecule has 6 atom stereocenters. The average Bonchev–Trinajstić information content (AvgIpc) is 2.95. The summed E-state index contributed by atoms with van der Waals surface area (Å²) in [5.74, 6) is 0.00908. The number of hydrogen-bond donors (Lipinski definition) is 1. The molecule has 0 amide bonds. The number of fused-ring (bicyclic) bond motifs is 1. The largest absolute Gasteiger partial charge is 0.460 e. The van der Waals surface area contributed by atoms with Crippen LogP contribution in [-0.4, -0.2) is 32.7 Å². The molecule has 0 bridgehead atoms. The molecule has 1 N–H and O–H groups in total. The number of esters is 1. The highest BCUT2D eigenvalue weighted by Gasteiger charge is 2.62. The molecule has 0 aromatic carbocycles. The maximum absolute atomic E-state index is 12.4. The zero-order valence-corrected chi connectivity index (χ0v) is 17.2. The second-order valence-corrected chi connectivity index (χ2v) is 8.44. The second kappa shape index (κ2) is 7.71. The van der Waals surface area contributed by atoms with Crippen LogP contribution < -0.4 is 0 Å². The molecule has 2 fully saturated rings. The van der Waals surface area contributed by atoms with Gasteiger partial charge in [-0.3, -0.25) is 9.97 Å². The quantitative estimate of drug-likeness (QED) is 0.792. The Labute approximate surface area is 171 Å². The third kappa shape index (κ3) is 3.48. The average molecular weight is 392 g/mol. The number of hydrogen-bond acceptors (Lipinski definition) is 5. The van der Waals surface area contributed by atoms with E-state index in [-0.39, 0.29) is 23.9 Å². The minimum Gasteiger partial charge on any atom is -0.460 e. The first kappa shape index (κ1) is 19.8. The fourth-order valence-corrected chi connectivity index (χ4v) is 5.34. The molecule has 3 heterocycles. The minimum absolute atomic E-state index is 0.0625. The highest BCUT2D eigenvalue weighted by Crippen LogP contribution is 2.52. The van der Waals surface area contributed by atoms with Gasteiger partial charge in [-0.2, -0.15) is 0 Å². The van der Waals surface area contributed by atoms with Crippen LogP contribution in [-0.2, 0) is 9.53 Å². The first-order chi connectivity index (χ1) is 13.9. The molecule has 2 aromatic heterocycles. The Morgan fingerprint density at radius 1 is 1.24 bits per heavy atom. The maximum Gasteiger partial charge on any atom is 0.338 e. The van der Waals surface area contributed by atoms with Crippen molar-refractivity contribution < 1.29 is 14.6 Å². The van der Waals surface area contributed by atoms with Gasteiger partial charge < -0.3 is 9.84 Å². The van der Waals surface area contributed by atoms with Gasteiger partial charge in [-0.1, -0.05) is 32.4 Å². The normalized spacial score (nSPS) is 34.2. The number of nitrogens with zero attached hydrogens (tertiary/aromatic N) is 2. The molecule has 152 valence electrons. The molecule has 5 heteroatoms. The molecule has 5 unspecified atom stereocenters. The lowest BCUT2D eigenvalue weighted by Gasteiger charge is -2.45. The smallest absolute Gasteiger partial charge is 0.338 e. The monoisotopic (exact) mass is 392 g/mol. The summed E-state index contributed by atoms with van der Waals surface area (Å²) in [5.41, 5.74) is 1.33. The molecule has 0 spiro atoms. The molecule has 1 saturated heterocycles. The summed E-state index contributed by atoms with van der Waals surface area (Å²) in [6.07, 6.45) is 8.90. The van der Waals surface area contributed by atoms with Crippen molar-refractivity contribution in [2.75, 3.05) is 0 Å². The van der Waals surface area contributed by atoms with E-state index in [9.17, 15) is 9.90 Å². The standard InChI is InChI=1S/C24H28N2O3/c1-4-19-15(2)13-24(28)22(16(3)29-23(24)27)20(19)11-10-18-9-8-17(14-26-18)21-7-5-6-12-25-21/h5-12,14-16,19-20,22,28H,4,13H2,1-3H3/b11-10+/t15?,16-,19?,20?,22?,24?/m1/s1. The van der Waals surface area contributed by atoms with Gasteiger partial charge in [0, 0.05) is 23.9 Å². The van der Waals surface area contributed by atoms with Crippen molar-refractivity contribution in [2.24, 2.45) is 23.7 Å². The Kier molecular flexibility index (Phi) is 5.26. The van der Waals surface area contributed by atoms with E-state index in [1.54, 1.807) is 6.20 Å². The number of cyclic esters (lactones) is 1. The number of pyridine rings is 2. The number of carbonyl (C=O) groups is 1. The number of carbonyl (C=O) groups excluding carboxylic acids is 1. The van der Waals surface area contributed by atoms with Crippen LogP contribution in [0.4, 0.5) is 0 Å². The summed E-state index contributed by atoms with van der Waals surface area (Å²) in [5, 5.41) is 11.1. The maximum atomic E-state index is 12.4. The van der Waals surface area contributed by atoms with E-state index < -0.39 is 11.6 Å². The zero-order valence-electron chi connectivity index (χ0n) is 17.2. The molecule has 1 saturated carbocycles. The van der Waals surface area contributed by atoms with Crippen LogP contribution in [0.2, 0.25) is 0 Å². The molecule has 1 aliphatic heterocycles. The van der Waals surface area contributed by atoms with E-state index in [2.05, 4.69) is 29.9 Å². The van der Waals surface area contributed by atoms with Gasteiger partial charge in [-0.25, -0.2) is 4.79 Å². The third-order valence-electron chi connectivity index (χ3n) is 6.68. The lowest BCUT2D eigenvalue weighted by molar-refractivity contribution is -0.160. The molecule has 1 aliphatic carbocycles. The number of aromatic nitrogens is 2. The van der Waals surface area contributed by atoms with E-state index in [0.717, 1.165) is 23.4 Å². The number of aliphatic hydroxyl groups is 1. The van der Waals surface area contributed by atoms with E-state index in [0.29, 0.717) is 12.3 Å². The van der Waals surface area contributed by atoms with Gasteiger partial charge in [0.2, 0.25) is 0 Å². The van der Waals surface area contributed by atoms with Crippen LogP contribution in [0.25, 0.3) is 17.3 Å². The SMILES string of the molecule is CCC1C(C)CC2(O)C(=O)O[C@H](C)C2C1/C=C/c1ccc(-c2ccccn2)cn1. The molecule has 5 nitrogen and oxygen atoms in total. The summed E-state index contributed by atoms with van der Waals surface area (Å²) < 4.78 is 5.45. The van der Waals surface area contributed by atoms with Gasteiger partial charge in [-0.15, -0.1) is 0 Å². The summed E-state index contributed by atoms with van der Waals surface area (Å²) >= 11 is 0. The van der Waals surface area contributed by atoms with E-state index in [1.807, 2.05) is 49.5 Å². The highest BCUT2D eigenvalue weighted by atomic mass is 16.6. The van der Waals surface area contributed by atoms with Crippen LogP contribution in [0.5, 0.6) is 0 Å².